The van der Waals surface area contributed by atoms with E-state index in [1.807, 2.05) is 44.2 Å². The SMILES string of the molecule is CNC(C(=O)OC(C)C(=O)OCc1ccccc1)C(C)C.[2HH]. The third-order valence-electron chi connectivity index (χ3n) is 3.08. The summed E-state index contributed by atoms with van der Waals surface area (Å²) in [5, 5.41) is 2.88. The van der Waals surface area contributed by atoms with Crippen molar-refractivity contribution < 1.29 is 20.5 Å². The molecule has 2 unspecified atom stereocenters. The highest BCUT2D eigenvalue weighted by Gasteiger charge is 2.26. The Morgan fingerprint density at radius 2 is 1.76 bits per heavy atom. The fourth-order valence-corrected chi connectivity index (χ4v) is 1.87. The van der Waals surface area contributed by atoms with Crippen molar-refractivity contribution in [3.05, 3.63) is 35.9 Å². The Labute approximate surface area is 127 Å². The molecule has 0 saturated heterocycles. The van der Waals surface area contributed by atoms with E-state index in [2.05, 4.69) is 5.32 Å². The van der Waals surface area contributed by atoms with E-state index in [0.29, 0.717) is 0 Å². The van der Waals surface area contributed by atoms with Crippen molar-refractivity contribution in [1.29, 1.82) is 0 Å². The maximum Gasteiger partial charge on any atom is 0.347 e. The number of hydrogen-bond acceptors (Lipinski definition) is 5. The standard InChI is InChI=1S/C16H23NO4.H2/c1-11(2)14(17-4)16(19)21-12(3)15(18)20-10-13-8-6-5-7-9-13;/h5-9,11-12,14,17H,10H2,1-4H3;1H/i;1+1. The zero-order chi connectivity index (χ0) is 15.8. The fourth-order valence-electron chi connectivity index (χ4n) is 1.87. The van der Waals surface area contributed by atoms with Gasteiger partial charge in [0, 0.05) is 1.43 Å². The van der Waals surface area contributed by atoms with Crippen molar-refractivity contribution in [1.82, 2.24) is 5.32 Å². The number of likely N-dealkylation sites (N-methyl/N-ethyl adjacent to an activating group) is 1. The first kappa shape index (κ1) is 17.2. The van der Waals surface area contributed by atoms with Gasteiger partial charge in [-0.2, -0.15) is 0 Å². The van der Waals surface area contributed by atoms with E-state index < -0.39 is 24.1 Å². The lowest BCUT2D eigenvalue weighted by Gasteiger charge is -2.20. The molecule has 118 valence electrons. The molecule has 1 aromatic rings. The second-order valence-electron chi connectivity index (χ2n) is 5.18. The van der Waals surface area contributed by atoms with Crippen molar-refractivity contribution in [2.24, 2.45) is 5.92 Å². The lowest BCUT2D eigenvalue weighted by molar-refractivity contribution is -0.169. The molecule has 0 aliphatic rings. The molecule has 0 saturated carbocycles. The largest absolute Gasteiger partial charge is 0.458 e. The zero-order valence-electron chi connectivity index (χ0n) is 13.0. The first-order valence-corrected chi connectivity index (χ1v) is 7.04. The minimum atomic E-state index is -0.921. The molecule has 21 heavy (non-hydrogen) atoms. The van der Waals surface area contributed by atoms with Gasteiger partial charge in [-0.15, -0.1) is 0 Å². The van der Waals surface area contributed by atoms with Crippen molar-refractivity contribution in [2.75, 3.05) is 7.05 Å². The van der Waals surface area contributed by atoms with E-state index in [-0.39, 0.29) is 14.0 Å². The molecule has 0 fully saturated rings. The molecule has 5 nitrogen and oxygen atoms in total. The molecule has 0 aliphatic carbocycles. The van der Waals surface area contributed by atoms with Gasteiger partial charge in [0.1, 0.15) is 12.6 Å². The molecular weight excluding hydrogens is 270 g/mol. The highest BCUT2D eigenvalue weighted by Crippen LogP contribution is 2.07. The van der Waals surface area contributed by atoms with Crippen LogP contribution in [0.15, 0.2) is 30.3 Å². The fraction of sp³-hybridized carbons (Fsp3) is 0.500. The molecule has 0 bridgehead atoms. The normalized spacial score (nSPS) is 13.6. The summed E-state index contributed by atoms with van der Waals surface area (Å²) in [7, 11) is 1.68. The number of rotatable bonds is 7. The molecule has 1 rings (SSSR count). The van der Waals surface area contributed by atoms with Crippen LogP contribution in [0.1, 0.15) is 27.8 Å². The summed E-state index contributed by atoms with van der Waals surface area (Å²) < 4.78 is 10.3. The van der Waals surface area contributed by atoms with Gasteiger partial charge in [0.25, 0.3) is 0 Å². The zero-order valence-corrected chi connectivity index (χ0v) is 13.0. The van der Waals surface area contributed by atoms with Crippen LogP contribution < -0.4 is 5.32 Å². The summed E-state index contributed by atoms with van der Waals surface area (Å²) in [4.78, 5) is 23.7. The topological polar surface area (TPSA) is 64.6 Å². The van der Waals surface area contributed by atoms with Crippen molar-refractivity contribution in [3.63, 3.8) is 0 Å². The molecule has 0 aromatic heterocycles. The van der Waals surface area contributed by atoms with Crippen LogP contribution in [0.25, 0.3) is 0 Å². The van der Waals surface area contributed by atoms with Crippen LogP contribution in [0, 0.1) is 5.92 Å². The van der Waals surface area contributed by atoms with E-state index in [1.165, 1.54) is 6.92 Å². The minimum absolute atomic E-state index is 0. The van der Waals surface area contributed by atoms with E-state index in [9.17, 15) is 9.59 Å². The smallest absolute Gasteiger partial charge is 0.347 e. The molecule has 5 heteroatoms. The second-order valence-corrected chi connectivity index (χ2v) is 5.18. The number of carbonyl (C=O) groups is 2. The Hall–Kier alpha value is -1.88. The first-order chi connectivity index (χ1) is 9.95. The maximum absolute atomic E-state index is 11.9. The van der Waals surface area contributed by atoms with E-state index in [0.717, 1.165) is 5.56 Å². The second kappa shape index (κ2) is 8.42. The van der Waals surface area contributed by atoms with Gasteiger partial charge in [-0.05, 0) is 25.5 Å². The predicted octanol–water partition coefficient (Wildman–Crippen LogP) is 2.15. The molecule has 0 aliphatic heterocycles. The molecule has 0 radical (unpaired) electrons. The van der Waals surface area contributed by atoms with Crippen LogP contribution >= 0.6 is 0 Å². The van der Waals surface area contributed by atoms with Gasteiger partial charge in [0.15, 0.2) is 6.10 Å². The average molecular weight is 296 g/mol. The number of carbonyl (C=O) groups excluding carboxylic acids is 2. The van der Waals surface area contributed by atoms with Crippen LogP contribution in [-0.4, -0.2) is 31.1 Å². The first-order valence-electron chi connectivity index (χ1n) is 7.04. The van der Waals surface area contributed by atoms with Gasteiger partial charge < -0.3 is 14.8 Å². The molecule has 1 N–H and O–H groups in total. The van der Waals surface area contributed by atoms with Gasteiger partial charge in [-0.25, -0.2) is 4.79 Å². The Morgan fingerprint density at radius 1 is 1.14 bits per heavy atom. The maximum atomic E-state index is 11.9. The van der Waals surface area contributed by atoms with Gasteiger partial charge >= 0.3 is 11.9 Å². The van der Waals surface area contributed by atoms with Crippen LogP contribution in [0.5, 0.6) is 0 Å². The lowest BCUT2D eigenvalue weighted by atomic mass is 10.1. The van der Waals surface area contributed by atoms with Gasteiger partial charge in [-0.1, -0.05) is 44.2 Å². The average Bonchev–Trinajstić information content (AvgIpc) is 2.46. The van der Waals surface area contributed by atoms with Gasteiger partial charge in [0.05, 0.1) is 0 Å². The Bertz CT molecular complexity index is 464. The highest BCUT2D eigenvalue weighted by molar-refractivity contribution is 5.81. The molecule has 1 aromatic carbocycles. The van der Waals surface area contributed by atoms with E-state index >= 15 is 0 Å². The third kappa shape index (κ3) is 5.55. The van der Waals surface area contributed by atoms with Gasteiger partial charge in [0.2, 0.25) is 0 Å². The van der Waals surface area contributed by atoms with Gasteiger partial charge in [-0.3, -0.25) is 4.79 Å². The number of ether oxygens (including phenoxy) is 2. The molecule has 0 heterocycles. The molecule has 2 atom stereocenters. The van der Waals surface area contributed by atoms with Crippen molar-refractivity contribution in [3.8, 4) is 0 Å². The Kier molecular flexibility index (Phi) is 6.88. The molecular formula is C16H25NO4. The Balaban J connectivity index is 0.00000441. The molecule has 0 spiro atoms. The summed E-state index contributed by atoms with van der Waals surface area (Å²) in [6.45, 7) is 5.49. The van der Waals surface area contributed by atoms with Crippen LogP contribution in [0.4, 0.5) is 0 Å². The summed E-state index contributed by atoms with van der Waals surface area (Å²) in [5.74, 6) is -0.919. The Morgan fingerprint density at radius 3 is 2.29 bits per heavy atom. The van der Waals surface area contributed by atoms with Crippen molar-refractivity contribution in [2.45, 2.75) is 39.5 Å². The number of benzene rings is 1. The van der Waals surface area contributed by atoms with Crippen molar-refractivity contribution >= 4 is 11.9 Å². The highest BCUT2D eigenvalue weighted by atomic mass is 16.6. The summed E-state index contributed by atoms with van der Waals surface area (Å²) >= 11 is 0. The minimum Gasteiger partial charge on any atom is -0.458 e. The number of esters is 2. The third-order valence-corrected chi connectivity index (χ3v) is 3.08. The molecule has 0 amide bonds. The number of hydrogen-bond donors (Lipinski definition) is 1. The summed E-state index contributed by atoms with van der Waals surface area (Å²) in [6, 6.07) is 8.91. The summed E-state index contributed by atoms with van der Waals surface area (Å²) in [5.41, 5.74) is 0.889. The van der Waals surface area contributed by atoms with Crippen LogP contribution in [0.2, 0.25) is 0 Å². The summed E-state index contributed by atoms with van der Waals surface area (Å²) in [6.07, 6.45) is -0.921. The predicted molar refractivity (Wildman–Crippen MR) is 81.6 cm³/mol. The van der Waals surface area contributed by atoms with Crippen LogP contribution in [0.3, 0.4) is 0 Å². The van der Waals surface area contributed by atoms with E-state index in [1.54, 1.807) is 7.05 Å². The van der Waals surface area contributed by atoms with Crippen LogP contribution in [-0.2, 0) is 25.7 Å². The van der Waals surface area contributed by atoms with E-state index in [4.69, 9.17) is 9.47 Å². The monoisotopic (exact) mass is 296 g/mol. The lowest BCUT2D eigenvalue weighted by Crippen LogP contribution is -2.42. The quantitative estimate of drug-likeness (QED) is 0.781. The number of nitrogens with one attached hydrogen (secondary N) is 1.